The quantitative estimate of drug-likeness (QED) is 0.344. The van der Waals surface area contributed by atoms with Gasteiger partial charge in [0.25, 0.3) is 0 Å². The summed E-state index contributed by atoms with van der Waals surface area (Å²) < 4.78 is 31.5. The Labute approximate surface area is 201 Å². The molecule has 10 heteroatoms. The van der Waals surface area contributed by atoms with Crippen LogP contribution in [-0.2, 0) is 22.2 Å². The second-order valence-electron chi connectivity index (χ2n) is 7.85. The standard InChI is InChI=1S/C21H29N5O3S.HI/c1-22-21(23-15-18-7-4-6-17-5-2-3-8-20(17)18)25-10-12-26(13-11-25)30(27,28)16-19-9-14-29-24-19;/h2-3,5,8-9,14,18H,4,6-7,10-13,15-16H2,1H3,(H,22,23);1H. The first-order valence-electron chi connectivity index (χ1n) is 10.5. The molecule has 1 aromatic carbocycles. The number of nitrogens with zero attached hydrogens (tertiary/aromatic N) is 4. The molecule has 1 atom stereocenters. The van der Waals surface area contributed by atoms with E-state index in [-0.39, 0.29) is 29.7 Å². The summed E-state index contributed by atoms with van der Waals surface area (Å²) in [5, 5.41) is 7.24. The summed E-state index contributed by atoms with van der Waals surface area (Å²) in [5.74, 6) is 1.19. The van der Waals surface area contributed by atoms with Gasteiger partial charge in [-0.2, -0.15) is 4.31 Å². The number of rotatable bonds is 5. The highest BCUT2D eigenvalue weighted by Gasteiger charge is 2.29. The minimum Gasteiger partial charge on any atom is -0.364 e. The van der Waals surface area contributed by atoms with Crippen LogP contribution in [0, 0.1) is 0 Å². The topological polar surface area (TPSA) is 91.0 Å². The molecule has 1 aromatic heterocycles. The number of aryl methyl sites for hydroxylation is 1. The van der Waals surface area contributed by atoms with Crippen molar-refractivity contribution in [2.45, 2.75) is 30.9 Å². The van der Waals surface area contributed by atoms with Gasteiger partial charge >= 0.3 is 0 Å². The van der Waals surface area contributed by atoms with Crippen molar-refractivity contribution in [2.75, 3.05) is 39.8 Å². The fourth-order valence-electron chi connectivity index (χ4n) is 4.38. The average Bonchev–Trinajstić information content (AvgIpc) is 3.27. The Bertz CT molecular complexity index is 973. The van der Waals surface area contributed by atoms with E-state index in [2.05, 4.69) is 44.6 Å². The lowest BCUT2D eigenvalue weighted by atomic mass is 9.83. The monoisotopic (exact) mass is 559 g/mol. The van der Waals surface area contributed by atoms with Gasteiger partial charge in [-0.3, -0.25) is 4.99 Å². The van der Waals surface area contributed by atoms with Gasteiger partial charge in [0.05, 0.1) is 5.69 Å². The van der Waals surface area contributed by atoms with Gasteiger partial charge in [-0.1, -0.05) is 29.4 Å². The summed E-state index contributed by atoms with van der Waals surface area (Å²) in [5.41, 5.74) is 3.33. The van der Waals surface area contributed by atoms with Crippen LogP contribution in [0.25, 0.3) is 0 Å². The second-order valence-corrected chi connectivity index (χ2v) is 9.82. The molecule has 4 rings (SSSR count). The van der Waals surface area contributed by atoms with Crippen LogP contribution >= 0.6 is 24.0 Å². The Hall–Kier alpha value is -1.66. The molecule has 31 heavy (non-hydrogen) atoms. The van der Waals surface area contributed by atoms with Gasteiger partial charge in [0.2, 0.25) is 10.0 Å². The van der Waals surface area contributed by atoms with Gasteiger partial charge in [0.1, 0.15) is 12.0 Å². The Morgan fingerprint density at radius 2 is 2.00 bits per heavy atom. The number of fused-ring (bicyclic) bond motifs is 1. The maximum Gasteiger partial charge on any atom is 0.220 e. The highest BCUT2D eigenvalue weighted by Crippen LogP contribution is 2.30. The number of benzene rings is 1. The number of halogens is 1. The smallest absolute Gasteiger partial charge is 0.220 e. The normalized spacial score (nSPS) is 20.1. The molecule has 1 saturated heterocycles. The summed E-state index contributed by atoms with van der Waals surface area (Å²) in [6.45, 7) is 2.94. The SMILES string of the molecule is CN=C(NCC1CCCc2ccccc21)N1CCN(S(=O)(=O)Cc2ccon2)CC1.I. The van der Waals surface area contributed by atoms with Crippen molar-refractivity contribution in [1.82, 2.24) is 19.7 Å². The van der Waals surface area contributed by atoms with E-state index in [9.17, 15) is 8.42 Å². The third kappa shape index (κ3) is 5.78. The molecule has 8 nitrogen and oxygen atoms in total. The fourth-order valence-corrected chi connectivity index (χ4v) is 5.81. The predicted molar refractivity (Wildman–Crippen MR) is 131 cm³/mol. The van der Waals surface area contributed by atoms with E-state index in [1.54, 1.807) is 13.1 Å². The molecule has 0 radical (unpaired) electrons. The first-order chi connectivity index (χ1) is 14.6. The van der Waals surface area contributed by atoms with Crippen LogP contribution < -0.4 is 5.32 Å². The van der Waals surface area contributed by atoms with Crippen molar-refractivity contribution >= 4 is 40.0 Å². The number of hydrogen-bond acceptors (Lipinski definition) is 5. The third-order valence-electron chi connectivity index (χ3n) is 5.97. The zero-order chi connectivity index (χ0) is 21.0. The van der Waals surface area contributed by atoms with Crippen molar-refractivity contribution in [3.05, 3.63) is 53.4 Å². The van der Waals surface area contributed by atoms with Crippen molar-refractivity contribution in [1.29, 1.82) is 0 Å². The van der Waals surface area contributed by atoms with Gasteiger partial charge in [0.15, 0.2) is 5.96 Å². The van der Waals surface area contributed by atoms with Crippen LogP contribution in [0.3, 0.4) is 0 Å². The predicted octanol–water partition coefficient (Wildman–Crippen LogP) is 2.44. The van der Waals surface area contributed by atoms with E-state index in [0.29, 0.717) is 37.8 Å². The molecule has 2 heterocycles. The maximum atomic E-state index is 12.6. The Morgan fingerprint density at radius 3 is 2.71 bits per heavy atom. The fraction of sp³-hybridized carbons (Fsp3) is 0.524. The molecule has 170 valence electrons. The lowest BCUT2D eigenvalue weighted by Gasteiger charge is -2.36. The maximum absolute atomic E-state index is 12.6. The molecule has 1 unspecified atom stereocenters. The second kappa shape index (κ2) is 10.8. The summed E-state index contributed by atoms with van der Waals surface area (Å²) >= 11 is 0. The molecule has 1 fully saturated rings. The minimum atomic E-state index is -3.40. The molecule has 1 aliphatic carbocycles. The first-order valence-corrected chi connectivity index (χ1v) is 12.1. The van der Waals surface area contributed by atoms with Crippen LogP contribution in [0.1, 0.15) is 35.6 Å². The van der Waals surface area contributed by atoms with Crippen LogP contribution in [-0.4, -0.2) is 68.5 Å². The summed E-state index contributed by atoms with van der Waals surface area (Å²) in [7, 11) is -1.62. The number of nitrogens with one attached hydrogen (secondary N) is 1. The van der Waals surface area contributed by atoms with Crippen molar-refractivity contribution in [3.8, 4) is 0 Å². The zero-order valence-corrected chi connectivity index (χ0v) is 20.9. The van der Waals surface area contributed by atoms with E-state index in [4.69, 9.17) is 4.52 Å². The van der Waals surface area contributed by atoms with E-state index in [1.165, 1.54) is 34.5 Å². The summed E-state index contributed by atoms with van der Waals surface area (Å²) in [4.78, 5) is 6.58. The Balaban J connectivity index is 0.00000272. The van der Waals surface area contributed by atoms with Gasteiger partial charge in [0, 0.05) is 51.8 Å². The van der Waals surface area contributed by atoms with Crippen LogP contribution in [0.2, 0.25) is 0 Å². The largest absolute Gasteiger partial charge is 0.364 e. The Kier molecular flexibility index (Phi) is 8.34. The van der Waals surface area contributed by atoms with Crippen molar-refractivity contribution in [2.24, 2.45) is 4.99 Å². The molecule has 0 bridgehead atoms. The Morgan fingerprint density at radius 1 is 1.23 bits per heavy atom. The molecular weight excluding hydrogens is 529 g/mol. The number of guanidine groups is 1. The summed E-state index contributed by atoms with van der Waals surface area (Å²) in [6, 6.07) is 10.3. The highest BCUT2D eigenvalue weighted by atomic mass is 127. The van der Waals surface area contributed by atoms with E-state index >= 15 is 0 Å². The van der Waals surface area contributed by atoms with Crippen LogP contribution in [0.5, 0.6) is 0 Å². The molecule has 1 N–H and O–H groups in total. The lowest BCUT2D eigenvalue weighted by molar-refractivity contribution is 0.259. The van der Waals surface area contributed by atoms with Crippen LogP contribution in [0.15, 0.2) is 46.1 Å². The lowest BCUT2D eigenvalue weighted by Crippen LogP contribution is -2.54. The number of aliphatic imine (C=N–C) groups is 1. The molecule has 0 amide bonds. The zero-order valence-electron chi connectivity index (χ0n) is 17.7. The number of piperazine rings is 1. The van der Waals surface area contributed by atoms with E-state index < -0.39 is 10.0 Å². The molecule has 2 aliphatic rings. The van der Waals surface area contributed by atoms with Gasteiger partial charge in [-0.15, -0.1) is 24.0 Å². The number of aromatic nitrogens is 1. The average molecular weight is 559 g/mol. The third-order valence-corrected chi connectivity index (χ3v) is 7.78. The highest BCUT2D eigenvalue weighted by molar-refractivity contribution is 14.0. The molecule has 2 aromatic rings. The number of hydrogen-bond donors (Lipinski definition) is 1. The summed E-state index contributed by atoms with van der Waals surface area (Å²) in [6.07, 6.45) is 4.94. The van der Waals surface area contributed by atoms with Gasteiger partial charge in [-0.25, -0.2) is 8.42 Å². The number of sulfonamides is 1. The molecule has 0 saturated carbocycles. The minimum absolute atomic E-state index is 0. The van der Waals surface area contributed by atoms with Gasteiger partial charge in [-0.05, 0) is 30.4 Å². The first kappa shape index (κ1) is 24.0. The molecule has 1 aliphatic heterocycles. The van der Waals surface area contributed by atoms with Crippen LogP contribution in [0.4, 0.5) is 0 Å². The molecule has 0 spiro atoms. The van der Waals surface area contributed by atoms with Gasteiger partial charge < -0.3 is 14.7 Å². The van der Waals surface area contributed by atoms with E-state index in [1.807, 2.05) is 0 Å². The molecular formula is C21H30IN5O3S. The van der Waals surface area contributed by atoms with Crippen molar-refractivity contribution in [3.63, 3.8) is 0 Å². The van der Waals surface area contributed by atoms with E-state index in [0.717, 1.165) is 18.9 Å². The van der Waals surface area contributed by atoms with Crippen molar-refractivity contribution < 1.29 is 12.9 Å².